The first-order valence-corrected chi connectivity index (χ1v) is 9.38. The van der Waals surface area contributed by atoms with Gasteiger partial charge in [-0.1, -0.05) is 35.0 Å². The Morgan fingerprint density at radius 3 is 2.75 bits per heavy atom. The van der Waals surface area contributed by atoms with E-state index in [0.29, 0.717) is 20.1 Å². The third-order valence-electron chi connectivity index (χ3n) is 3.04. The lowest BCUT2D eigenvalue weighted by Crippen LogP contribution is -2.22. The molecule has 2 rings (SSSR count). The highest BCUT2D eigenvalue weighted by molar-refractivity contribution is 8.02. The maximum atomic E-state index is 12.3. The number of nitrogens with zero attached hydrogens (tertiary/aromatic N) is 1. The molecular formula is C15H15Cl2N3O2S2. The van der Waals surface area contributed by atoms with Crippen LogP contribution in [0.4, 0.5) is 5.69 Å². The molecular weight excluding hydrogens is 389 g/mol. The largest absolute Gasteiger partial charge is 0.369 e. The van der Waals surface area contributed by atoms with Gasteiger partial charge in [0.25, 0.3) is 0 Å². The Labute approximate surface area is 157 Å². The molecule has 0 spiro atoms. The van der Waals surface area contributed by atoms with Crippen molar-refractivity contribution in [2.75, 3.05) is 5.32 Å². The number of halogens is 2. The maximum Gasteiger partial charge on any atom is 0.237 e. The second kappa shape index (κ2) is 8.20. The van der Waals surface area contributed by atoms with Crippen LogP contribution in [0.3, 0.4) is 0 Å². The van der Waals surface area contributed by atoms with Gasteiger partial charge in [0.2, 0.25) is 11.8 Å². The maximum absolute atomic E-state index is 12.3. The van der Waals surface area contributed by atoms with Crippen LogP contribution in [0.1, 0.15) is 17.5 Å². The molecule has 1 atom stereocenters. The highest BCUT2D eigenvalue weighted by Crippen LogP contribution is 2.32. The quantitative estimate of drug-likeness (QED) is 0.715. The van der Waals surface area contributed by atoms with Crippen LogP contribution in [0.2, 0.25) is 10.0 Å². The summed E-state index contributed by atoms with van der Waals surface area (Å²) < 4.78 is 0.716. The minimum Gasteiger partial charge on any atom is -0.369 e. The van der Waals surface area contributed by atoms with Crippen LogP contribution >= 0.6 is 46.3 Å². The summed E-state index contributed by atoms with van der Waals surface area (Å²) >= 11 is 14.6. The molecule has 1 aromatic heterocycles. The van der Waals surface area contributed by atoms with Crippen molar-refractivity contribution in [1.82, 2.24) is 4.98 Å². The number of hydrogen-bond acceptors (Lipinski definition) is 5. The standard InChI is InChI=1S/C15H15Cl2N3O2S2/c1-7-12(6-13(18)21)24-15(19-7)23-8(2)14(22)20-11-4-3-9(16)5-10(11)17/h3-5,8H,6H2,1-2H3,(H2,18,21)(H,20,22). The van der Waals surface area contributed by atoms with Gasteiger partial charge in [-0.2, -0.15) is 0 Å². The molecule has 0 saturated heterocycles. The lowest BCUT2D eigenvalue weighted by atomic mass is 10.3. The molecule has 24 heavy (non-hydrogen) atoms. The first-order valence-electron chi connectivity index (χ1n) is 6.93. The molecule has 9 heteroatoms. The van der Waals surface area contributed by atoms with Gasteiger partial charge in [-0.05, 0) is 32.0 Å². The lowest BCUT2D eigenvalue weighted by molar-refractivity contribution is -0.117. The second-order valence-electron chi connectivity index (χ2n) is 5.00. The number of thiazole rings is 1. The third kappa shape index (κ3) is 5.11. The van der Waals surface area contributed by atoms with Crippen LogP contribution in [0, 0.1) is 6.92 Å². The molecule has 0 bridgehead atoms. The van der Waals surface area contributed by atoms with Gasteiger partial charge in [-0.25, -0.2) is 4.98 Å². The number of aryl methyl sites for hydroxylation is 1. The summed E-state index contributed by atoms with van der Waals surface area (Å²) in [4.78, 5) is 28.5. The number of hydrogen-bond donors (Lipinski definition) is 2. The highest BCUT2D eigenvalue weighted by atomic mass is 35.5. The van der Waals surface area contributed by atoms with Crippen LogP contribution in [0.5, 0.6) is 0 Å². The predicted octanol–water partition coefficient (Wildman–Crippen LogP) is 3.91. The monoisotopic (exact) mass is 403 g/mol. The fraction of sp³-hybridized carbons (Fsp3) is 0.267. The number of aromatic nitrogens is 1. The van der Waals surface area contributed by atoms with Crippen molar-refractivity contribution in [1.29, 1.82) is 0 Å². The molecule has 0 aliphatic rings. The summed E-state index contributed by atoms with van der Waals surface area (Å²) in [6.07, 6.45) is 0.158. The molecule has 0 radical (unpaired) electrons. The smallest absolute Gasteiger partial charge is 0.237 e. The van der Waals surface area contributed by atoms with E-state index >= 15 is 0 Å². The number of carbonyl (C=O) groups is 2. The SMILES string of the molecule is Cc1nc(SC(C)C(=O)Nc2ccc(Cl)cc2Cl)sc1CC(N)=O. The predicted molar refractivity (Wildman–Crippen MR) is 100 cm³/mol. The number of amides is 2. The molecule has 1 aromatic carbocycles. The Balaban J connectivity index is 2.02. The fourth-order valence-corrected chi connectivity index (χ4v) is 4.65. The van der Waals surface area contributed by atoms with Crippen molar-refractivity contribution in [3.05, 3.63) is 38.8 Å². The van der Waals surface area contributed by atoms with Gasteiger partial charge in [0.1, 0.15) is 0 Å². The van der Waals surface area contributed by atoms with Crippen LogP contribution in [-0.4, -0.2) is 22.0 Å². The molecule has 0 saturated carbocycles. The van der Waals surface area contributed by atoms with E-state index in [1.54, 1.807) is 25.1 Å². The van der Waals surface area contributed by atoms with Gasteiger partial charge in [0.15, 0.2) is 4.34 Å². The van der Waals surface area contributed by atoms with E-state index in [4.69, 9.17) is 28.9 Å². The molecule has 2 amide bonds. The molecule has 0 aliphatic heterocycles. The number of carbonyl (C=O) groups excluding carboxylic acids is 2. The topological polar surface area (TPSA) is 85.1 Å². The van der Waals surface area contributed by atoms with E-state index in [2.05, 4.69) is 10.3 Å². The summed E-state index contributed by atoms with van der Waals surface area (Å²) in [6, 6.07) is 4.87. The van der Waals surface area contributed by atoms with Crippen molar-refractivity contribution >= 4 is 63.8 Å². The first-order chi connectivity index (χ1) is 11.3. The average molecular weight is 404 g/mol. The van der Waals surface area contributed by atoms with Gasteiger partial charge in [-0.15, -0.1) is 11.3 Å². The van der Waals surface area contributed by atoms with E-state index in [0.717, 1.165) is 10.6 Å². The van der Waals surface area contributed by atoms with Crippen LogP contribution in [-0.2, 0) is 16.0 Å². The number of thioether (sulfide) groups is 1. The fourth-order valence-electron chi connectivity index (χ4n) is 1.80. The van der Waals surface area contributed by atoms with Crippen molar-refractivity contribution in [2.24, 2.45) is 5.73 Å². The summed E-state index contributed by atoms with van der Waals surface area (Å²) in [5.41, 5.74) is 6.47. The van der Waals surface area contributed by atoms with Gasteiger partial charge < -0.3 is 11.1 Å². The van der Waals surface area contributed by atoms with Crippen molar-refractivity contribution in [3.8, 4) is 0 Å². The average Bonchev–Trinajstić information content (AvgIpc) is 2.80. The Hall–Kier alpha value is -1.28. The summed E-state index contributed by atoms with van der Waals surface area (Å²) in [7, 11) is 0. The molecule has 3 N–H and O–H groups in total. The van der Waals surface area contributed by atoms with Crippen LogP contribution in [0.15, 0.2) is 22.5 Å². The first kappa shape index (κ1) is 19.1. The minimum atomic E-state index is -0.401. The zero-order chi connectivity index (χ0) is 17.9. The number of primary amides is 1. The molecule has 1 unspecified atom stereocenters. The van der Waals surface area contributed by atoms with Crippen molar-refractivity contribution < 1.29 is 9.59 Å². The van der Waals surface area contributed by atoms with E-state index in [1.807, 2.05) is 6.92 Å². The molecule has 128 valence electrons. The minimum absolute atomic E-state index is 0.158. The van der Waals surface area contributed by atoms with Crippen molar-refractivity contribution in [2.45, 2.75) is 29.9 Å². The lowest BCUT2D eigenvalue weighted by Gasteiger charge is -2.11. The van der Waals surface area contributed by atoms with E-state index < -0.39 is 5.91 Å². The molecule has 2 aromatic rings. The number of nitrogens with two attached hydrogens (primary N) is 1. The van der Waals surface area contributed by atoms with E-state index in [9.17, 15) is 9.59 Å². The van der Waals surface area contributed by atoms with Gasteiger partial charge >= 0.3 is 0 Å². The summed E-state index contributed by atoms with van der Waals surface area (Å²) in [5, 5.41) is 3.26. The molecule has 0 fully saturated rings. The van der Waals surface area contributed by atoms with Gasteiger partial charge in [-0.3, -0.25) is 9.59 Å². The number of nitrogens with one attached hydrogen (secondary N) is 1. The van der Waals surface area contributed by atoms with Crippen LogP contribution in [0.25, 0.3) is 0 Å². The van der Waals surface area contributed by atoms with Gasteiger partial charge in [0, 0.05) is 9.90 Å². The normalized spacial score (nSPS) is 12.0. The number of rotatable bonds is 6. The Bertz CT molecular complexity index is 780. The zero-order valence-electron chi connectivity index (χ0n) is 12.9. The summed E-state index contributed by atoms with van der Waals surface area (Å²) in [5.74, 6) is -0.602. The summed E-state index contributed by atoms with van der Waals surface area (Å²) in [6.45, 7) is 3.59. The van der Waals surface area contributed by atoms with E-state index in [-0.39, 0.29) is 17.6 Å². The highest BCUT2D eigenvalue weighted by Gasteiger charge is 2.19. The molecule has 0 aliphatic carbocycles. The Kier molecular flexibility index (Phi) is 6.51. The molecule has 1 heterocycles. The molecule has 5 nitrogen and oxygen atoms in total. The second-order valence-corrected chi connectivity index (χ2v) is 8.52. The zero-order valence-corrected chi connectivity index (χ0v) is 16.1. The van der Waals surface area contributed by atoms with Crippen LogP contribution < -0.4 is 11.1 Å². The third-order valence-corrected chi connectivity index (χ3v) is 5.94. The van der Waals surface area contributed by atoms with E-state index in [1.165, 1.54) is 23.1 Å². The van der Waals surface area contributed by atoms with Gasteiger partial charge in [0.05, 0.1) is 28.1 Å². The Morgan fingerprint density at radius 1 is 1.42 bits per heavy atom. The Morgan fingerprint density at radius 2 is 2.12 bits per heavy atom. The van der Waals surface area contributed by atoms with Crippen molar-refractivity contribution in [3.63, 3.8) is 0 Å². The number of anilines is 1. The number of benzene rings is 1.